The molecule has 8 nitrogen and oxygen atoms in total. The topological polar surface area (TPSA) is 128 Å². The zero-order valence-corrected chi connectivity index (χ0v) is 25.1. The first-order valence-corrected chi connectivity index (χ1v) is 16.4. The second-order valence-electron chi connectivity index (χ2n) is 11.1. The van der Waals surface area contributed by atoms with Crippen molar-refractivity contribution < 1.29 is 24.0 Å². The first kappa shape index (κ1) is 32.5. The van der Waals surface area contributed by atoms with Crippen LogP contribution in [0, 0.1) is 11.8 Å². The van der Waals surface area contributed by atoms with Gasteiger partial charge in [0.25, 0.3) is 0 Å². The third-order valence-electron chi connectivity index (χ3n) is 7.14. The number of hydrogen-bond acceptors (Lipinski definition) is 5. The van der Waals surface area contributed by atoms with Gasteiger partial charge in [-0.15, -0.1) is 0 Å². The van der Waals surface area contributed by atoms with Gasteiger partial charge in [-0.3, -0.25) is 14.4 Å². The van der Waals surface area contributed by atoms with Crippen LogP contribution in [0.3, 0.4) is 0 Å². The Hall–Kier alpha value is -2.75. The summed E-state index contributed by atoms with van der Waals surface area (Å²) in [4.78, 5) is 60.7. The van der Waals surface area contributed by atoms with Crippen LogP contribution < -0.4 is 16.0 Å². The van der Waals surface area contributed by atoms with Gasteiger partial charge in [-0.05, 0) is 41.0 Å². The molecule has 0 radical (unpaired) electrons. The van der Waals surface area contributed by atoms with E-state index in [1.54, 1.807) is 0 Å². The van der Waals surface area contributed by atoms with Gasteiger partial charge in [0.2, 0.25) is 17.7 Å². The first-order valence-electron chi connectivity index (χ1n) is 14.3. The van der Waals surface area contributed by atoms with E-state index in [1.165, 1.54) is 0 Å². The summed E-state index contributed by atoms with van der Waals surface area (Å²) >= 11 is 0. The van der Waals surface area contributed by atoms with Gasteiger partial charge < -0.3 is 25.5 Å². The second kappa shape index (κ2) is 15.7. The van der Waals surface area contributed by atoms with Crippen LogP contribution in [0.4, 0.5) is 0 Å². The third-order valence-corrected chi connectivity index (χ3v) is 9.63. The number of carbonyl (C=O) groups is 3. The molecule has 0 aliphatic carbocycles. The molecule has 2 rings (SSSR count). The third kappa shape index (κ3) is 10.7. The SMILES string of the molecule is CCCCNC(=O)CC[Si](O)(O)[C@H](CC(C)C)NC(=O)[C@@H](NC(=O)Cc1ccc2ccccc2c1)[C@@H](C)CC. The highest BCUT2D eigenvalue weighted by molar-refractivity contribution is 6.66. The number of hydrogen-bond donors (Lipinski definition) is 5. The maximum atomic E-state index is 13.5. The van der Waals surface area contributed by atoms with Crippen molar-refractivity contribution >= 4 is 37.1 Å². The summed E-state index contributed by atoms with van der Waals surface area (Å²) in [5.41, 5.74) is -0.0149. The largest absolute Gasteiger partial charge is 0.409 e. The van der Waals surface area contributed by atoms with Gasteiger partial charge in [-0.1, -0.05) is 89.9 Å². The van der Waals surface area contributed by atoms with Gasteiger partial charge in [-0.2, -0.15) is 0 Å². The molecule has 3 atom stereocenters. The molecule has 0 fully saturated rings. The van der Waals surface area contributed by atoms with Crippen molar-refractivity contribution in [3.63, 3.8) is 0 Å². The van der Waals surface area contributed by atoms with Crippen LogP contribution in [0.2, 0.25) is 6.04 Å². The highest BCUT2D eigenvalue weighted by Gasteiger charge is 2.42. The van der Waals surface area contributed by atoms with Gasteiger partial charge in [0, 0.05) is 19.0 Å². The van der Waals surface area contributed by atoms with Crippen molar-refractivity contribution in [2.45, 2.75) is 90.9 Å². The predicted molar refractivity (Wildman–Crippen MR) is 158 cm³/mol. The lowest BCUT2D eigenvalue weighted by Crippen LogP contribution is -2.62. The molecular formula is C30H47N3O5Si. The first-order chi connectivity index (χ1) is 18.5. The maximum absolute atomic E-state index is 13.5. The van der Waals surface area contributed by atoms with E-state index in [2.05, 4.69) is 16.0 Å². The Bertz CT molecular complexity index is 1090. The molecule has 2 aromatic carbocycles. The standard InChI is InChI=1S/C30H47N3O5Si/c1-6-8-16-31-26(34)15-17-39(37,38)28(18-21(3)4)33-30(36)29(22(5)7-2)32-27(35)20-23-13-14-24-11-9-10-12-25(24)19-23/h9-14,19,21-22,28-29,37-38H,6-8,15-18,20H2,1-5H3,(H,31,34)(H,32,35)(H,33,36)/t22-,28+,29-/m0/s1. The van der Waals surface area contributed by atoms with Crippen LogP contribution in [0.5, 0.6) is 0 Å². The summed E-state index contributed by atoms with van der Waals surface area (Å²) in [6, 6.07) is 12.9. The summed E-state index contributed by atoms with van der Waals surface area (Å²) in [6.07, 6.45) is 2.96. The van der Waals surface area contributed by atoms with Crippen molar-refractivity contribution in [3.05, 3.63) is 48.0 Å². The average Bonchev–Trinajstić information content (AvgIpc) is 2.89. The van der Waals surface area contributed by atoms with Gasteiger partial charge in [0.1, 0.15) is 6.04 Å². The van der Waals surface area contributed by atoms with Crippen LogP contribution in [0.25, 0.3) is 10.8 Å². The van der Waals surface area contributed by atoms with Gasteiger partial charge in [-0.25, -0.2) is 0 Å². The van der Waals surface area contributed by atoms with Crippen LogP contribution in [0.15, 0.2) is 42.5 Å². The molecule has 2 aromatic rings. The fraction of sp³-hybridized carbons (Fsp3) is 0.567. The van der Waals surface area contributed by atoms with E-state index >= 15 is 0 Å². The highest BCUT2D eigenvalue weighted by Crippen LogP contribution is 2.20. The average molecular weight is 558 g/mol. The molecule has 0 saturated carbocycles. The molecule has 0 saturated heterocycles. The summed E-state index contributed by atoms with van der Waals surface area (Å²) in [5.74, 6) is -1.01. The molecule has 0 aliphatic heterocycles. The van der Waals surface area contributed by atoms with Crippen molar-refractivity contribution in [1.82, 2.24) is 16.0 Å². The molecular weight excluding hydrogens is 510 g/mol. The van der Waals surface area contributed by atoms with Crippen LogP contribution >= 0.6 is 0 Å². The van der Waals surface area contributed by atoms with Crippen molar-refractivity contribution in [1.29, 1.82) is 0 Å². The Morgan fingerprint density at radius 3 is 2.26 bits per heavy atom. The van der Waals surface area contributed by atoms with E-state index in [4.69, 9.17) is 0 Å². The lowest BCUT2D eigenvalue weighted by atomic mass is 9.97. The minimum atomic E-state index is -3.99. The number of carbonyl (C=O) groups excluding carboxylic acids is 3. The fourth-order valence-electron chi connectivity index (χ4n) is 4.52. The Morgan fingerprint density at radius 2 is 1.62 bits per heavy atom. The number of amides is 3. The van der Waals surface area contributed by atoms with Crippen LogP contribution in [-0.2, 0) is 20.8 Å². The number of benzene rings is 2. The number of unbranched alkanes of at least 4 members (excludes halogenated alkanes) is 1. The summed E-state index contributed by atoms with van der Waals surface area (Å²) in [5, 5.41) is 10.7. The van der Waals surface area contributed by atoms with E-state index in [-0.39, 0.29) is 42.5 Å². The minimum absolute atomic E-state index is 0.00924. The Balaban J connectivity index is 2.09. The molecule has 9 heteroatoms. The molecule has 0 aromatic heterocycles. The van der Waals surface area contributed by atoms with E-state index in [1.807, 2.05) is 77.1 Å². The number of nitrogens with one attached hydrogen (secondary N) is 3. The molecule has 5 N–H and O–H groups in total. The number of fused-ring (bicyclic) bond motifs is 1. The molecule has 0 aliphatic rings. The lowest BCUT2D eigenvalue weighted by molar-refractivity contribution is -0.130. The molecule has 3 amide bonds. The van der Waals surface area contributed by atoms with Crippen molar-refractivity contribution in [3.8, 4) is 0 Å². The van der Waals surface area contributed by atoms with E-state index in [9.17, 15) is 24.0 Å². The molecule has 216 valence electrons. The van der Waals surface area contributed by atoms with Crippen LogP contribution in [-0.4, -0.2) is 54.1 Å². The lowest BCUT2D eigenvalue weighted by Gasteiger charge is -2.33. The molecule has 0 unspecified atom stereocenters. The highest BCUT2D eigenvalue weighted by atomic mass is 28.4. The summed E-state index contributed by atoms with van der Waals surface area (Å²) in [6.45, 7) is 10.3. The molecule has 0 spiro atoms. The summed E-state index contributed by atoms with van der Waals surface area (Å²) in [7, 11) is -3.99. The maximum Gasteiger partial charge on any atom is 0.356 e. The molecule has 0 heterocycles. The van der Waals surface area contributed by atoms with Crippen molar-refractivity contribution in [2.75, 3.05) is 6.54 Å². The molecule has 0 bridgehead atoms. The van der Waals surface area contributed by atoms with Gasteiger partial charge >= 0.3 is 8.56 Å². The smallest absolute Gasteiger partial charge is 0.356 e. The Kier molecular flexibility index (Phi) is 13.1. The molecule has 39 heavy (non-hydrogen) atoms. The second-order valence-corrected chi connectivity index (χ2v) is 14.0. The normalized spacial score (nSPS) is 14.1. The quantitative estimate of drug-likeness (QED) is 0.159. The fourth-order valence-corrected chi connectivity index (χ4v) is 6.69. The van der Waals surface area contributed by atoms with E-state index in [0.717, 1.165) is 29.2 Å². The predicted octanol–water partition coefficient (Wildman–Crippen LogP) is 3.72. The minimum Gasteiger partial charge on any atom is -0.409 e. The Labute approximate surface area is 234 Å². The summed E-state index contributed by atoms with van der Waals surface area (Å²) < 4.78 is 0. The monoisotopic (exact) mass is 557 g/mol. The van der Waals surface area contributed by atoms with Crippen LogP contribution in [0.1, 0.15) is 72.3 Å². The van der Waals surface area contributed by atoms with E-state index in [0.29, 0.717) is 19.4 Å². The zero-order valence-electron chi connectivity index (χ0n) is 24.1. The van der Waals surface area contributed by atoms with Gasteiger partial charge in [0.05, 0.1) is 12.1 Å². The zero-order chi connectivity index (χ0) is 29.0. The van der Waals surface area contributed by atoms with Crippen molar-refractivity contribution in [2.24, 2.45) is 11.8 Å². The number of rotatable bonds is 16. The Morgan fingerprint density at radius 1 is 0.923 bits per heavy atom. The van der Waals surface area contributed by atoms with E-state index < -0.39 is 26.2 Å². The van der Waals surface area contributed by atoms with Gasteiger partial charge in [0.15, 0.2) is 0 Å².